The lowest BCUT2D eigenvalue weighted by atomic mass is 9.81. The fourth-order valence-electron chi connectivity index (χ4n) is 9.24. The highest BCUT2D eigenvalue weighted by Gasteiger charge is 2.38. The van der Waals surface area contributed by atoms with Crippen molar-refractivity contribution >= 4 is 32.9 Å². The lowest BCUT2D eigenvalue weighted by Crippen LogP contribution is -2.14. The maximum atomic E-state index is 6.55. The van der Waals surface area contributed by atoms with Gasteiger partial charge in [0.05, 0.1) is 11.0 Å². The molecule has 0 saturated heterocycles. The molecule has 12 rings (SSSR count). The third-order valence-corrected chi connectivity index (χ3v) is 12.3. The van der Waals surface area contributed by atoms with Gasteiger partial charge in [-0.2, -0.15) is 0 Å². The van der Waals surface area contributed by atoms with Gasteiger partial charge in [0.25, 0.3) is 0 Å². The predicted octanol–water partition coefficient (Wildman–Crippen LogP) is 13.8. The number of aromatic nitrogens is 5. The molecule has 288 valence electrons. The average molecular weight is 784 g/mol. The van der Waals surface area contributed by atoms with Gasteiger partial charge in [0.15, 0.2) is 23.1 Å². The van der Waals surface area contributed by atoms with Gasteiger partial charge in [-0.05, 0) is 82.4 Å². The second-order valence-corrected chi connectivity index (χ2v) is 16.3. The van der Waals surface area contributed by atoms with Crippen molar-refractivity contribution in [3.8, 4) is 73.6 Å². The van der Waals surface area contributed by atoms with Crippen LogP contribution in [0.5, 0.6) is 0 Å². The molecule has 61 heavy (non-hydrogen) atoms. The highest BCUT2D eigenvalue weighted by Crippen LogP contribution is 2.52. The number of benzene rings is 8. The van der Waals surface area contributed by atoms with Crippen LogP contribution < -0.4 is 0 Å². The zero-order valence-electron chi connectivity index (χ0n) is 33.5. The van der Waals surface area contributed by atoms with Crippen LogP contribution in [-0.4, -0.2) is 24.5 Å². The number of hydrogen-bond donors (Lipinski definition) is 0. The topological polar surface area (TPSA) is 69.6 Å². The van der Waals surface area contributed by atoms with E-state index < -0.39 is 0 Å². The first-order valence-electron chi connectivity index (χ1n) is 20.6. The molecule has 0 bridgehead atoms. The van der Waals surface area contributed by atoms with Crippen molar-refractivity contribution in [1.29, 1.82) is 0 Å². The van der Waals surface area contributed by atoms with Gasteiger partial charge in [0.2, 0.25) is 5.89 Å². The van der Waals surface area contributed by atoms with Crippen molar-refractivity contribution in [2.75, 3.05) is 0 Å². The highest BCUT2D eigenvalue weighted by atomic mass is 16.3. The summed E-state index contributed by atoms with van der Waals surface area (Å²) < 4.78 is 8.90. The van der Waals surface area contributed by atoms with Gasteiger partial charge in [-0.3, -0.25) is 0 Å². The first-order valence-corrected chi connectivity index (χ1v) is 20.6. The monoisotopic (exact) mass is 783 g/mol. The van der Waals surface area contributed by atoms with Gasteiger partial charge in [-0.1, -0.05) is 147 Å². The second-order valence-electron chi connectivity index (χ2n) is 16.3. The molecular formula is C55H37N5O. The molecule has 0 spiro atoms. The summed E-state index contributed by atoms with van der Waals surface area (Å²) in [5, 5.41) is 2.38. The van der Waals surface area contributed by atoms with E-state index in [9.17, 15) is 0 Å². The third kappa shape index (κ3) is 5.64. The molecular weight excluding hydrogens is 747 g/mol. The summed E-state index contributed by atoms with van der Waals surface area (Å²) in [6, 6.07) is 65.6. The van der Waals surface area contributed by atoms with E-state index >= 15 is 0 Å². The first-order chi connectivity index (χ1) is 30.0. The Bertz CT molecular complexity index is 3440. The number of fused-ring (bicyclic) bond motifs is 8. The van der Waals surface area contributed by atoms with Crippen molar-refractivity contribution in [3.05, 3.63) is 199 Å². The summed E-state index contributed by atoms with van der Waals surface area (Å²) in [4.78, 5) is 19.9. The molecule has 0 fully saturated rings. The Morgan fingerprint density at radius 3 is 1.74 bits per heavy atom. The maximum absolute atomic E-state index is 6.55. The van der Waals surface area contributed by atoms with E-state index in [1.807, 2.05) is 91.0 Å². The Kier molecular flexibility index (Phi) is 7.78. The van der Waals surface area contributed by atoms with Crippen LogP contribution in [0.3, 0.4) is 0 Å². The molecule has 6 nitrogen and oxygen atoms in total. The summed E-state index contributed by atoms with van der Waals surface area (Å²) in [6.07, 6.45) is 0. The first kappa shape index (κ1) is 35.0. The largest absolute Gasteiger partial charge is 0.435 e. The van der Waals surface area contributed by atoms with Crippen molar-refractivity contribution in [3.63, 3.8) is 0 Å². The zero-order chi connectivity index (χ0) is 40.7. The predicted molar refractivity (Wildman–Crippen MR) is 246 cm³/mol. The zero-order valence-corrected chi connectivity index (χ0v) is 33.5. The lowest BCUT2D eigenvalue weighted by molar-refractivity contribution is 0.618. The van der Waals surface area contributed by atoms with Gasteiger partial charge in [0.1, 0.15) is 5.52 Å². The Morgan fingerprint density at radius 1 is 0.426 bits per heavy atom. The molecule has 3 heterocycles. The molecule has 6 heteroatoms. The summed E-state index contributed by atoms with van der Waals surface area (Å²) >= 11 is 0. The fraction of sp³-hybridized carbons (Fsp3) is 0.0545. The van der Waals surface area contributed by atoms with E-state index in [-0.39, 0.29) is 5.41 Å². The van der Waals surface area contributed by atoms with Gasteiger partial charge in [-0.25, -0.2) is 19.9 Å². The minimum absolute atomic E-state index is 0.220. The number of para-hydroxylation sites is 1. The van der Waals surface area contributed by atoms with Crippen LogP contribution in [-0.2, 0) is 5.41 Å². The molecule has 0 saturated carbocycles. The van der Waals surface area contributed by atoms with Crippen molar-refractivity contribution in [1.82, 2.24) is 24.5 Å². The number of rotatable bonds is 6. The highest BCUT2D eigenvalue weighted by molar-refractivity contribution is 6.10. The van der Waals surface area contributed by atoms with Gasteiger partial charge in [-0.15, -0.1) is 0 Å². The summed E-state index contributed by atoms with van der Waals surface area (Å²) in [7, 11) is 0. The number of oxazole rings is 1. The van der Waals surface area contributed by atoms with E-state index in [4.69, 9.17) is 24.4 Å². The van der Waals surface area contributed by atoms with E-state index in [1.54, 1.807) is 0 Å². The average Bonchev–Trinajstić information content (AvgIpc) is 3.98. The second kappa shape index (κ2) is 13.5. The van der Waals surface area contributed by atoms with Crippen LogP contribution in [0, 0.1) is 0 Å². The summed E-state index contributed by atoms with van der Waals surface area (Å²) in [5.41, 5.74) is 15.8. The Hall–Kier alpha value is -7.96. The molecule has 0 N–H and O–H groups in total. The molecule has 1 aliphatic carbocycles. The molecule has 0 amide bonds. The van der Waals surface area contributed by atoms with E-state index in [0.29, 0.717) is 23.4 Å². The smallest absolute Gasteiger partial charge is 0.227 e. The number of hydrogen-bond acceptors (Lipinski definition) is 5. The van der Waals surface area contributed by atoms with Crippen LogP contribution in [0.2, 0.25) is 0 Å². The van der Waals surface area contributed by atoms with Gasteiger partial charge in [0, 0.05) is 49.7 Å². The fourth-order valence-corrected chi connectivity index (χ4v) is 9.24. The molecule has 0 unspecified atom stereocenters. The van der Waals surface area contributed by atoms with Crippen LogP contribution in [0.25, 0.3) is 106 Å². The molecule has 1 aliphatic rings. The quantitative estimate of drug-likeness (QED) is 0.168. The third-order valence-electron chi connectivity index (χ3n) is 12.3. The minimum atomic E-state index is -0.220. The normalized spacial score (nSPS) is 12.9. The summed E-state index contributed by atoms with van der Waals surface area (Å²) in [5.74, 6) is 2.55. The van der Waals surface area contributed by atoms with Crippen LogP contribution in [0.4, 0.5) is 0 Å². The molecule has 3 aromatic heterocycles. The van der Waals surface area contributed by atoms with E-state index in [1.165, 1.54) is 38.6 Å². The van der Waals surface area contributed by atoms with Gasteiger partial charge < -0.3 is 8.98 Å². The Balaban J connectivity index is 0.958. The number of nitrogens with zero attached hydrogens (tertiary/aromatic N) is 5. The standard InChI is InChI=1S/C55H37N5O/c1-55(2)44-28-29-46-50(61-54(56-46)36-19-10-5-11-20-36)49(44)42-27-25-38(33-45(42)55)37-26-30-48-43(32-37)41-23-12-13-24-47(41)60(48)40-22-14-21-39(31-40)53-58-51(34-15-6-3-7-16-34)57-52(59-53)35-17-8-4-9-18-35/h3-33H,1-2H3. The van der Waals surface area contributed by atoms with Crippen LogP contribution in [0.1, 0.15) is 25.0 Å². The van der Waals surface area contributed by atoms with E-state index in [2.05, 4.69) is 115 Å². The summed E-state index contributed by atoms with van der Waals surface area (Å²) in [6.45, 7) is 4.63. The Labute approximate surface area is 352 Å². The van der Waals surface area contributed by atoms with E-state index in [0.717, 1.165) is 55.6 Å². The van der Waals surface area contributed by atoms with Crippen molar-refractivity contribution < 1.29 is 4.42 Å². The molecule has 0 radical (unpaired) electrons. The minimum Gasteiger partial charge on any atom is -0.435 e. The molecule has 0 atom stereocenters. The molecule has 8 aromatic carbocycles. The van der Waals surface area contributed by atoms with Crippen molar-refractivity contribution in [2.24, 2.45) is 0 Å². The lowest BCUT2D eigenvalue weighted by Gasteiger charge is -2.22. The molecule has 0 aliphatic heterocycles. The SMILES string of the molecule is CC1(C)c2cc(-c3ccc4c(c3)c3ccccc3n4-c3cccc(-c4nc(-c5ccccc5)nc(-c5ccccc5)n4)c3)ccc2-c2c1ccc1nc(-c3ccccc3)oc21. The Morgan fingerprint density at radius 2 is 1.02 bits per heavy atom. The van der Waals surface area contributed by atoms with Gasteiger partial charge >= 0.3 is 0 Å². The van der Waals surface area contributed by atoms with Crippen LogP contribution in [0.15, 0.2) is 192 Å². The molecule has 11 aromatic rings. The van der Waals surface area contributed by atoms with Crippen LogP contribution >= 0.6 is 0 Å². The van der Waals surface area contributed by atoms with Crippen molar-refractivity contribution in [2.45, 2.75) is 19.3 Å². The maximum Gasteiger partial charge on any atom is 0.227 e.